The van der Waals surface area contributed by atoms with Crippen molar-refractivity contribution < 1.29 is 9.90 Å². The molecule has 0 heterocycles. The lowest BCUT2D eigenvalue weighted by atomic mass is 9.94. The summed E-state index contributed by atoms with van der Waals surface area (Å²) in [7, 11) is 0. The fourth-order valence-corrected chi connectivity index (χ4v) is 3.22. The second kappa shape index (κ2) is 9.77. The minimum atomic E-state index is -0.925. The monoisotopic (exact) mass is 363 g/mol. The van der Waals surface area contributed by atoms with Gasteiger partial charge in [-0.15, -0.1) is 0 Å². The summed E-state index contributed by atoms with van der Waals surface area (Å²) in [6.07, 6.45) is 6.16. The van der Waals surface area contributed by atoms with E-state index in [0.717, 1.165) is 36.0 Å². The Morgan fingerprint density at radius 2 is 1.85 bits per heavy atom. The minimum Gasteiger partial charge on any atom is -0.477 e. The third kappa shape index (κ3) is 5.10. The number of carboxylic acids is 1. The first kappa shape index (κ1) is 20.5. The molecule has 3 nitrogen and oxygen atoms in total. The van der Waals surface area contributed by atoms with Crippen LogP contribution in [0.15, 0.2) is 73.1 Å². The van der Waals surface area contributed by atoms with Crippen LogP contribution in [0.2, 0.25) is 0 Å². The van der Waals surface area contributed by atoms with Gasteiger partial charge in [-0.05, 0) is 49.6 Å². The highest BCUT2D eigenvalue weighted by molar-refractivity contribution is 5.86. The van der Waals surface area contributed by atoms with Crippen LogP contribution in [0.1, 0.15) is 50.3 Å². The van der Waals surface area contributed by atoms with Gasteiger partial charge in [0.2, 0.25) is 0 Å². The number of carboxylic acid groups (broad SMARTS) is 1. The van der Waals surface area contributed by atoms with Crippen molar-refractivity contribution in [2.45, 2.75) is 46.1 Å². The van der Waals surface area contributed by atoms with E-state index in [4.69, 9.17) is 0 Å². The predicted molar refractivity (Wildman–Crippen MR) is 112 cm³/mol. The molecule has 0 radical (unpaired) electrons. The van der Waals surface area contributed by atoms with Crippen LogP contribution in [0.3, 0.4) is 0 Å². The van der Waals surface area contributed by atoms with E-state index >= 15 is 0 Å². The van der Waals surface area contributed by atoms with Crippen molar-refractivity contribution in [3.8, 4) is 11.1 Å². The molecule has 27 heavy (non-hydrogen) atoms. The number of unbranched alkanes of at least 4 members (excludes halogenated alkanes) is 2. The Bertz CT molecular complexity index is 805. The zero-order valence-corrected chi connectivity index (χ0v) is 16.5. The molecule has 1 atom stereocenters. The molecule has 0 spiro atoms. The van der Waals surface area contributed by atoms with Gasteiger partial charge in [-0.25, -0.2) is 4.79 Å². The van der Waals surface area contributed by atoms with Crippen molar-refractivity contribution in [2.24, 2.45) is 0 Å². The van der Waals surface area contributed by atoms with Gasteiger partial charge in [0.15, 0.2) is 0 Å². The fraction of sp³-hybridized carbons (Fsp3) is 0.292. The van der Waals surface area contributed by atoms with Crippen LogP contribution in [-0.4, -0.2) is 16.0 Å². The zero-order valence-electron chi connectivity index (χ0n) is 16.5. The summed E-state index contributed by atoms with van der Waals surface area (Å²) in [5.41, 5.74) is 4.80. The maximum atomic E-state index is 11.9. The Labute approximate surface area is 162 Å². The van der Waals surface area contributed by atoms with Crippen molar-refractivity contribution in [1.82, 2.24) is 4.90 Å². The van der Waals surface area contributed by atoms with Crippen LogP contribution in [-0.2, 0) is 4.79 Å². The number of benzene rings is 2. The van der Waals surface area contributed by atoms with Gasteiger partial charge in [0.05, 0.1) is 6.04 Å². The predicted octanol–water partition coefficient (Wildman–Crippen LogP) is 6.33. The van der Waals surface area contributed by atoms with Crippen molar-refractivity contribution >= 4 is 5.97 Å². The molecule has 0 saturated heterocycles. The van der Waals surface area contributed by atoms with Crippen molar-refractivity contribution in [1.29, 1.82) is 0 Å². The van der Waals surface area contributed by atoms with Gasteiger partial charge in [-0.2, -0.15) is 0 Å². The van der Waals surface area contributed by atoms with E-state index in [9.17, 15) is 9.90 Å². The molecule has 0 amide bonds. The first-order valence-electron chi connectivity index (χ1n) is 9.49. The van der Waals surface area contributed by atoms with Crippen LogP contribution < -0.4 is 0 Å². The molecular formula is C24H29NO2. The van der Waals surface area contributed by atoms with E-state index < -0.39 is 5.97 Å². The van der Waals surface area contributed by atoms with Gasteiger partial charge < -0.3 is 10.0 Å². The highest BCUT2D eigenvalue weighted by Crippen LogP contribution is 2.33. The summed E-state index contributed by atoms with van der Waals surface area (Å²) in [4.78, 5) is 13.6. The standard InChI is InChI=1S/C24H29NO2/c1-5-7-8-13-23(24(26)27)25(6-2)19(4)21-11-9-10-12-22(21)20-16-14-18(3)15-17-20/h6,9-17,19H,2,5,7-8H2,1,3-4H3,(H,26,27). The number of hydrogen-bond donors (Lipinski definition) is 1. The number of allylic oxidation sites excluding steroid dienone is 1. The lowest BCUT2D eigenvalue weighted by molar-refractivity contribution is -0.134. The molecule has 142 valence electrons. The molecule has 2 rings (SSSR count). The largest absolute Gasteiger partial charge is 0.477 e. The number of rotatable bonds is 9. The second-order valence-electron chi connectivity index (χ2n) is 6.76. The van der Waals surface area contributed by atoms with Gasteiger partial charge >= 0.3 is 5.97 Å². The molecule has 0 aromatic heterocycles. The van der Waals surface area contributed by atoms with E-state index in [1.165, 1.54) is 5.56 Å². The Morgan fingerprint density at radius 3 is 2.44 bits per heavy atom. The van der Waals surface area contributed by atoms with E-state index in [1.54, 1.807) is 17.2 Å². The lowest BCUT2D eigenvalue weighted by Crippen LogP contribution is -2.26. The third-order valence-corrected chi connectivity index (χ3v) is 4.78. The molecule has 2 aromatic carbocycles. The number of nitrogens with zero attached hydrogens (tertiary/aromatic N) is 1. The molecule has 1 unspecified atom stereocenters. The van der Waals surface area contributed by atoms with Crippen LogP contribution in [0, 0.1) is 6.92 Å². The molecule has 0 saturated carbocycles. The van der Waals surface area contributed by atoms with Crippen LogP contribution in [0.5, 0.6) is 0 Å². The van der Waals surface area contributed by atoms with Crippen molar-refractivity contribution in [3.63, 3.8) is 0 Å². The van der Waals surface area contributed by atoms with E-state index in [0.29, 0.717) is 0 Å². The molecule has 2 aromatic rings. The van der Waals surface area contributed by atoms with E-state index in [2.05, 4.69) is 56.8 Å². The highest BCUT2D eigenvalue weighted by Gasteiger charge is 2.22. The second-order valence-corrected chi connectivity index (χ2v) is 6.76. The Morgan fingerprint density at radius 1 is 1.19 bits per heavy atom. The summed E-state index contributed by atoms with van der Waals surface area (Å²) >= 11 is 0. The summed E-state index contributed by atoms with van der Waals surface area (Å²) in [6.45, 7) is 10.1. The SMILES string of the molecule is C=CN(C(=CCCCC)C(=O)O)C(C)c1ccccc1-c1ccc(C)cc1. The topological polar surface area (TPSA) is 40.5 Å². The van der Waals surface area contributed by atoms with Gasteiger partial charge in [0, 0.05) is 0 Å². The van der Waals surface area contributed by atoms with Crippen LogP contribution >= 0.6 is 0 Å². The lowest BCUT2D eigenvalue weighted by Gasteiger charge is -2.30. The Balaban J connectivity index is 2.44. The average molecular weight is 364 g/mol. The smallest absolute Gasteiger partial charge is 0.352 e. The number of carbonyl (C=O) groups is 1. The number of hydrogen-bond acceptors (Lipinski definition) is 2. The van der Waals surface area contributed by atoms with Crippen LogP contribution in [0.25, 0.3) is 11.1 Å². The molecule has 0 aliphatic heterocycles. The van der Waals surface area contributed by atoms with Crippen molar-refractivity contribution in [2.75, 3.05) is 0 Å². The van der Waals surface area contributed by atoms with E-state index in [-0.39, 0.29) is 11.7 Å². The highest BCUT2D eigenvalue weighted by atomic mass is 16.4. The van der Waals surface area contributed by atoms with Crippen molar-refractivity contribution in [3.05, 3.63) is 84.2 Å². The Hall–Kier alpha value is -2.81. The summed E-state index contributed by atoms with van der Waals surface area (Å²) < 4.78 is 0. The summed E-state index contributed by atoms with van der Waals surface area (Å²) in [6, 6.07) is 16.4. The molecule has 0 aliphatic carbocycles. The van der Waals surface area contributed by atoms with Gasteiger partial charge in [-0.1, -0.05) is 80.1 Å². The molecular weight excluding hydrogens is 334 g/mol. The molecule has 3 heteroatoms. The summed E-state index contributed by atoms with van der Waals surface area (Å²) in [5, 5.41) is 9.73. The fourth-order valence-electron chi connectivity index (χ4n) is 3.22. The van der Waals surface area contributed by atoms with Gasteiger partial charge in [0.25, 0.3) is 0 Å². The first-order chi connectivity index (χ1) is 13.0. The molecule has 1 N–H and O–H groups in total. The normalized spacial score (nSPS) is 12.5. The average Bonchev–Trinajstić information content (AvgIpc) is 2.67. The van der Waals surface area contributed by atoms with Gasteiger partial charge in [-0.3, -0.25) is 0 Å². The Kier molecular flexibility index (Phi) is 7.42. The molecule has 0 aliphatic rings. The minimum absolute atomic E-state index is 0.149. The number of aliphatic carboxylic acids is 1. The van der Waals surface area contributed by atoms with Gasteiger partial charge in [0.1, 0.15) is 5.70 Å². The molecule has 0 fully saturated rings. The third-order valence-electron chi connectivity index (χ3n) is 4.78. The molecule has 0 bridgehead atoms. The first-order valence-corrected chi connectivity index (χ1v) is 9.49. The summed E-state index contributed by atoms with van der Waals surface area (Å²) in [5.74, 6) is -0.925. The van der Waals surface area contributed by atoms with Crippen LogP contribution in [0.4, 0.5) is 0 Å². The van der Waals surface area contributed by atoms with E-state index in [1.807, 2.05) is 19.1 Å². The maximum absolute atomic E-state index is 11.9. The quantitative estimate of drug-likeness (QED) is 0.418. The maximum Gasteiger partial charge on any atom is 0.352 e. The number of aryl methyl sites for hydroxylation is 1. The zero-order chi connectivity index (χ0) is 19.8.